The van der Waals surface area contributed by atoms with E-state index in [0.29, 0.717) is 11.1 Å². The second-order valence-electron chi connectivity index (χ2n) is 6.76. The number of benzene rings is 3. The first-order valence-corrected chi connectivity index (χ1v) is 10.3. The van der Waals surface area contributed by atoms with E-state index in [-0.39, 0.29) is 34.4 Å². The molecule has 0 aliphatic rings. The Morgan fingerprint density at radius 3 is 2.15 bits per heavy atom. The van der Waals surface area contributed by atoms with Crippen LogP contribution in [0.2, 0.25) is 10.0 Å². The molecule has 0 spiro atoms. The molecule has 3 aromatic carbocycles. The zero-order valence-corrected chi connectivity index (χ0v) is 18.5. The van der Waals surface area contributed by atoms with Gasteiger partial charge in [0.25, 0.3) is 0 Å². The van der Waals surface area contributed by atoms with Gasteiger partial charge in [0.1, 0.15) is 12.4 Å². The number of hydrogen-bond acceptors (Lipinski definition) is 3. The van der Waals surface area contributed by atoms with E-state index in [1.807, 2.05) is 0 Å². The van der Waals surface area contributed by atoms with Crippen LogP contribution in [0.5, 0.6) is 11.5 Å². The monoisotopic (exact) mass is 502 g/mol. The maximum atomic E-state index is 14.3. The van der Waals surface area contributed by atoms with Gasteiger partial charge in [-0.25, -0.2) is 13.6 Å². The maximum absolute atomic E-state index is 14.3. The first kappa shape index (κ1) is 24.7. The summed E-state index contributed by atoms with van der Waals surface area (Å²) in [5.41, 5.74) is -0.231. The average molecular weight is 503 g/mol. The van der Waals surface area contributed by atoms with E-state index in [4.69, 9.17) is 27.9 Å². The molecule has 174 valence electrons. The van der Waals surface area contributed by atoms with Gasteiger partial charge in [0, 0.05) is 11.4 Å². The Morgan fingerprint density at radius 2 is 1.55 bits per heavy atom. The predicted octanol–water partition coefficient (Wildman–Crippen LogP) is 6.82. The zero-order chi connectivity index (χ0) is 24.3. The fourth-order valence-corrected chi connectivity index (χ4v) is 3.69. The van der Waals surface area contributed by atoms with E-state index < -0.39 is 47.2 Å². The lowest BCUT2D eigenvalue weighted by Crippen LogP contribution is -2.10. The lowest BCUT2D eigenvalue weighted by atomic mass is 9.99. The van der Waals surface area contributed by atoms with E-state index in [0.717, 1.165) is 0 Å². The highest BCUT2D eigenvalue weighted by atomic mass is 35.5. The quantitative estimate of drug-likeness (QED) is 0.271. The van der Waals surface area contributed by atoms with E-state index >= 15 is 0 Å². The van der Waals surface area contributed by atoms with Gasteiger partial charge in [0.15, 0.2) is 17.4 Å². The third-order valence-corrected chi connectivity index (χ3v) is 5.51. The minimum absolute atomic E-state index is 0.0202. The summed E-state index contributed by atoms with van der Waals surface area (Å²) in [6.07, 6.45) is 0.0202. The van der Waals surface area contributed by atoms with Gasteiger partial charge in [-0.3, -0.25) is 0 Å². The molecule has 0 saturated heterocycles. The fourth-order valence-electron chi connectivity index (χ4n) is 3.13. The number of carboxylic acid groups (broad SMARTS) is 1. The van der Waals surface area contributed by atoms with Crippen LogP contribution in [0.15, 0.2) is 36.4 Å². The number of hydrogen-bond donors (Lipinski definition) is 1. The van der Waals surface area contributed by atoms with Crippen molar-refractivity contribution in [2.24, 2.45) is 0 Å². The van der Waals surface area contributed by atoms with Gasteiger partial charge in [0.2, 0.25) is 11.6 Å². The Bertz CT molecular complexity index is 1190. The molecule has 0 radical (unpaired) electrons. The molecule has 0 unspecified atom stereocenters. The highest BCUT2D eigenvalue weighted by molar-refractivity contribution is 6.37. The van der Waals surface area contributed by atoms with E-state index in [2.05, 4.69) is 4.74 Å². The predicted molar refractivity (Wildman–Crippen MR) is 114 cm³/mol. The standard InChI is InChI=1S/C23H16Cl2F4O4/c1-2-32-22-20(28)18(26)14(19(27)21(22)29)10-33-16-8-7-15(24)13(17(16)25)9-11-5-3-4-6-12(11)23(30)31/h3-8H,2,9-10H2,1H3,(H,30,31). The smallest absolute Gasteiger partial charge is 0.335 e. The fraction of sp³-hybridized carbons (Fsp3) is 0.174. The van der Waals surface area contributed by atoms with Gasteiger partial charge in [-0.2, -0.15) is 8.78 Å². The Kier molecular flexibility index (Phi) is 7.71. The van der Waals surface area contributed by atoms with Gasteiger partial charge < -0.3 is 14.6 Å². The second kappa shape index (κ2) is 10.3. The maximum Gasteiger partial charge on any atom is 0.335 e. The van der Waals surface area contributed by atoms with Crippen molar-refractivity contribution < 1.29 is 36.9 Å². The molecule has 0 fully saturated rings. The topological polar surface area (TPSA) is 55.8 Å². The zero-order valence-electron chi connectivity index (χ0n) is 17.0. The van der Waals surface area contributed by atoms with Crippen molar-refractivity contribution in [3.63, 3.8) is 0 Å². The number of halogens is 6. The third kappa shape index (κ3) is 5.02. The van der Waals surface area contributed by atoms with Gasteiger partial charge in [-0.1, -0.05) is 41.4 Å². The molecule has 10 heteroatoms. The summed E-state index contributed by atoms with van der Waals surface area (Å²) < 4.78 is 66.8. The van der Waals surface area contributed by atoms with Crippen LogP contribution >= 0.6 is 23.2 Å². The number of carboxylic acids is 1. The Labute approximate surface area is 196 Å². The molecule has 0 amide bonds. The molecule has 0 aromatic heterocycles. The SMILES string of the molecule is CCOc1c(F)c(F)c(COc2ccc(Cl)c(Cc3ccccc3C(=O)O)c2Cl)c(F)c1F. The molecule has 0 aliphatic heterocycles. The first-order chi connectivity index (χ1) is 15.7. The number of carbonyl (C=O) groups is 1. The van der Waals surface area contributed by atoms with Gasteiger partial charge in [0.05, 0.1) is 22.8 Å². The summed E-state index contributed by atoms with van der Waals surface area (Å²) in [5, 5.41) is 9.52. The molecule has 0 saturated carbocycles. The number of aromatic carboxylic acids is 1. The average Bonchev–Trinajstić information content (AvgIpc) is 2.79. The summed E-state index contributed by atoms with van der Waals surface area (Å²) >= 11 is 12.6. The van der Waals surface area contributed by atoms with Crippen LogP contribution in [-0.2, 0) is 13.0 Å². The highest BCUT2D eigenvalue weighted by Gasteiger charge is 2.27. The lowest BCUT2D eigenvalue weighted by Gasteiger charge is -2.16. The Hall–Kier alpha value is -2.97. The molecule has 0 heterocycles. The van der Waals surface area contributed by atoms with Gasteiger partial charge in [-0.05, 0) is 36.2 Å². The molecular weight excluding hydrogens is 487 g/mol. The molecule has 4 nitrogen and oxygen atoms in total. The largest absolute Gasteiger partial charge is 0.488 e. The van der Waals surface area contributed by atoms with Crippen molar-refractivity contribution in [3.8, 4) is 11.5 Å². The number of ether oxygens (including phenoxy) is 2. The summed E-state index contributed by atoms with van der Waals surface area (Å²) in [6, 6.07) is 8.92. The van der Waals surface area contributed by atoms with E-state index in [1.54, 1.807) is 18.2 Å². The molecule has 0 aliphatic carbocycles. The van der Waals surface area contributed by atoms with Crippen LogP contribution in [0.3, 0.4) is 0 Å². The molecule has 0 bridgehead atoms. The minimum atomic E-state index is -1.68. The Morgan fingerprint density at radius 1 is 0.909 bits per heavy atom. The molecule has 3 rings (SSSR count). The third-order valence-electron chi connectivity index (χ3n) is 4.74. The van der Waals surface area contributed by atoms with Crippen LogP contribution in [0.1, 0.15) is 34.0 Å². The molecule has 3 aromatic rings. The summed E-state index contributed by atoms with van der Waals surface area (Å²) in [4.78, 5) is 11.5. The molecule has 33 heavy (non-hydrogen) atoms. The van der Waals surface area contributed by atoms with Crippen LogP contribution in [0, 0.1) is 23.3 Å². The van der Waals surface area contributed by atoms with Crippen molar-refractivity contribution in [1.82, 2.24) is 0 Å². The summed E-state index contributed by atoms with van der Waals surface area (Å²) in [5.74, 6) is -9.03. The van der Waals surface area contributed by atoms with Crippen molar-refractivity contribution in [2.75, 3.05) is 6.61 Å². The molecule has 1 N–H and O–H groups in total. The normalized spacial score (nSPS) is 10.9. The van der Waals surface area contributed by atoms with Crippen LogP contribution in [0.25, 0.3) is 0 Å². The van der Waals surface area contributed by atoms with Crippen molar-refractivity contribution in [3.05, 3.63) is 92.0 Å². The molecular formula is C23H16Cl2F4O4. The van der Waals surface area contributed by atoms with Crippen molar-refractivity contribution >= 4 is 29.2 Å². The van der Waals surface area contributed by atoms with Crippen LogP contribution in [0.4, 0.5) is 17.6 Å². The first-order valence-electron chi connectivity index (χ1n) is 9.55. The lowest BCUT2D eigenvalue weighted by molar-refractivity contribution is 0.0696. The summed E-state index contributed by atoms with van der Waals surface area (Å²) in [7, 11) is 0. The van der Waals surface area contributed by atoms with Crippen LogP contribution < -0.4 is 9.47 Å². The second-order valence-corrected chi connectivity index (χ2v) is 7.55. The van der Waals surface area contributed by atoms with Crippen LogP contribution in [-0.4, -0.2) is 17.7 Å². The minimum Gasteiger partial charge on any atom is -0.488 e. The van der Waals surface area contributed by atoms with Crippen molar-refractivity contribution in [2.45, 2.75) is 20.0 Å². The van der Waals surface area contributed by atoms with E-state index in [1.165, 1.54) is 25.1 Å². The Balaban J connectivity index is 1.93. The number of rotatable bonds is 8. The van der Waals surface area contributed by atoms with E-state index in [9.17, 15) is 27.5 Å². The highest BCUT2D eigenvalue weighted by Crippen LogP contribution is 2.37. The van der Waals surface area contributed by atoms with Gasteiger partial charge in [-0.15, -0.1) is 0 Å². The summed E-state index contributed by atoms with van der Waals surface area (Å²) in [6.45, 7) is 0.321. The van der Waals surface area contributed by atoms with Gasteiger partial charge >= 0.3 is 5.97 Å². The molecule has 0 atom stereocenters. The van der Waals surface area contributed by atoms with Crippen molar-refractivity contribution in [1.29, 1.82) is 0 Å².